The number of phenolic OH excluding ortho intramolecular Hbond substituents is 1. The van der Waals surface area contributed by atoms with Crippen molar-refractivity contribution in [1.29, 1.82) is 0 Å². The molecule has 1 atom stereocenters. The molecule has 1 rings (SSSR count). The monoisotopic (exact) mass is 205 g/mol. The van der Waals surface area contributed by atoms with Gasteiger partial charge in [-0.1, -0.05) is 28.7 Å². The van der Waals surface area contributed by atoms with Gasteiger partial charge in [-0.3, -0.25) is 4.21 Å². The lowest BCUT2D eigenvalue weighted by Gasteiger charge is -2.06. The smallest absolute Gasteiger partial charge is 0.117 e. The van der Waals surface area contributed by atoms with Gasteiger partial charge in [0, 0.05) is 10.8 Å². The summed E-state index contributed by atoms with van der Waals surface area (Å²) in [6.45, 7) is 0. The van der Waals surface area contributed by atoms with Crippen molar-refractivity contribution in [1.82, 2.24) is 0 Å². The molecule has 3 nitrogen and oxygen atoms in total. The first-order valence-corrected chi connectivity index (χ1v) is 4.75. The van der Waals surface area contributed by atoms with Crippen LogP contribution in [-0.2, 0) is 16.8 Å². The molecule has 0 aliphatic carbocycles. The van der Waals surface area contributed by atoms with Crippen molar-refractivity contribution in [2.24, 2.45) is 0 Å². The number of hydrogen-bond donors (Lipinski definition) is 1. The Morgan fingerprint density at radius 1 is 1.58 bits per heavy atom. The number of halogens is 1. The van der Waals surface area contributed by atoms with Gasteiger partial charge in [-0.15, -0.1) is 0 Å². The zero-order valence-corrected chi connectivity index (χ0v) is 7.56. The summed E-state index contributed by atoms with van der Waals surface area (Å²) in [6, 6.07) is 4.19. The molecule has 1 N–H and O–H groups in total. The van der Waals surface area contributed by atoms with Crippen LogP contribution in [0.4, 0.5) is 0 Å². The summed E-state index contributed by atoms with van der Waals surface area (Å²) in [5.41, 5.74) is 0.489. The van der Waals surface area contributed by atoms with Crippen molar-refractivity contribution >= 4 is 22.7 Å². The highest BCUT2D eigenvalue weighted by Gasteiger charge is 2.00. The maximum absolute atomic E-state index is 10.3. The molecule has 1 unspecified atom stereocenters. The van der Waals surface area contributed by atoms with E-state index < -0.39 is 11.1 Å². The Morgan fingerprint density at radius 3 is 2.75 bits per heavy atom. The van der Waals surface area contributed by atoms with Crippen LogP contribution in [0, 0.1) is 0 Å². The van der Waals surface area contributed by atoms with Gasteiger partial charge in [0.25, 0.3) is 0 Å². The second kappa shape index (κ2) is 3.89. The molecule has 0 bridgehead atoms. The third kappa shape index (κ3) is 2.48. The predicted molar refractivity (Wildman–Crippen MR) is 45.7 cm³/mol. The average molecular weight is 206 g/mol. The highest BCUT2D eigenvalue weighted by Crippen LogP contribution is 2.22. The first-order chi connectivity index (χ1) is 5.59. The number of hydrogen-bond acceptors (Lipinski definition) is 3. The summed E-state index contributed by atoms with van der Waals surface area (Å²) >= 11 is 3.49. The maximum Gasteiger partial charge on any atom is 0.117 e. The van der Waals surface area contributed by atoms with Crippen LogP contribution in [0.2, 0.25) is 5.02 Å². The molecule has 1 aromatic rings. The lowest BCUT2D eigenvalue weighted by Crippen LogP contribution is -1.93. The highest BCUT2D eigenvalue weighted by molar-refractivity contribution is 7.78. The van der Waals surface area contributed by atoms with Crippen molar-refractivity contribution in [2.75, 3.05) is 0 Å². The molecule has 1 aromatic carbocycles. The number of aromatic hydroxyl groups is 1. The Morgan fingerprint density at radius 2 is 2.25 bits per heavy atom. The fourth-order valence-electron chi connectivity index (χ4n) is 0.780. The summed E-state index contributed by atoms with van der Waals surface area (Å²) in [7, 11) is 0. The number of phenols is 1. The van der Waals surface area contributed by atoms with E-state index in [2.05, 4.69) is 0 Å². The zero-order chi connectivity index (χ0) is 9.14. The molecule has 12 heavy (non-hydrogen) atoms. The minimum atomic E-state index is -2.15. The quantitative estimate of drug-likeness (QED) is 0.743. The Labute approximate surface area is 77.3 Å². The van der Waals surface area contributed by atoms with Gasteiger partial charge in [0.2, 0.25) is 0 Å². The molecule has 0 radical (unpaired) electrons. The van der Waals surface area contributed by atoms with Gasteiger partial charge >= 0.3 is 0 Å². The Balaban J connectivity index is 2.93. The van der Waals surface area contributed by atoms with E-state index in [1.54, 1.807) is 0 Å². The third-order valence-corrected chi connectivity index (χ3v) is 2.21. The standard InChI is InChI=1S/C7H7ClO3S/c8-7-3-6(9)2-1-5(7)4-12(10)11/h1-3,9H,4H2,(H,10,11)/p-1. The van der Waals surface area contributed by atoms with E-state index in [-0.39, 0.29) is 16.5 Å². The Kier molecular flexibility index (Phi) is 3.08. The van der Waals surface area contributed by atoms with Gasteiger partial charge in [0.1, 0.15) is 5.75 Å². The fourth-order valence-corrected chi connectivity index (χ4v) is 1.61. The maximum atomic E-state index is 10.3. The average Bonchev–Trinajstić information content (AvgIpc) is 1.94. The van der Waals surface area contributed by atoms with E-state index in [1.165, 1.54) is 18.2 Å². The Hall–Kier alpha value is -0.580. The zero-order valence-electron chi connectivity index (χ0n) is 5.99. The van der Waals surface area contributed by atoms with Gasteiger partial charge in [-0.05, 0) is 17.7 Å². The van der Waals surface area contributed by atoms with E-state index in [0.717, 1.165) is 0 Å². The molecule has 0 saturated heterocycles. The molecule has 66 valence electrons. The van der Waals surface area contributed by atoms with Gasteiger partial charge in [0.15, 0.2) is 0 Å². The highest BCUT2D eigenvalue weighted by atomic mass is 35.5. The largest absolute Gasteiger partial charge is 0.772 e. The fraction of sp³-hybridized carbons (Fsp3) is 0.143. The van der Waals surface area contributed by atoms with Crippen LogP contribution in [0.3, 0.4) is 0 Å². The molecule has 0 amide bonds. The van der Waals surface area contributed by atoms with Crippen molar-refractivity contribution in [2.45, 2.75) is 5.75 Å². The van der Waals surface area contributed by atoms with Crippen LogP contribution < -0.4 is 0 Å². The molecule has 0 fully saturated rings. The predicted octanol–water partition coefficient (Wildman–Crippen LogP) is 1.42. The Bertz CT molecular complexity index is 314. The lowest BCUT2D eigenvalue weighted by atomic mass is 10.2. The van der Waals surface area contributed by atoms with Gasteiger partial charge in [0.05, 0.1) is 0 Å². The van der Waals surface area contributed by atoms with Crippen LogP contribution in [0.25, 0.3) is 0 Å². The summed E-state index contributed by atoms with van der Waals surface area (Å²) in [6.07, 6.45) is 0. The molecular formula is C7H6ClO3S-. The SMILES string of the molecule is O=S([O-])Cc1ccc(O)cc1Cl. The molecule has 0 spiro atoms. The normalized spacial score (nSPS) is 12.8. The van der Waals surface area contributed by atoms with Crippen LogP contribution in [0.1, 0.15) is 5.56 Å². The number of rotatable bonds is 2. The molecule has 0 aliphatic heterocycles. The van der Waals surface area contributed by atoms with Crippen molar-refractivity contribution in [3.05, 3.63) is 28.8 Å². The summed E-state index contributed by atoms with van der Waals surface area (Å²) in [4.78, 5) is 0. The van der Waals surface area contributed by atoms with Crippen LogP contribution in [-0.4, -0.2) is 13.9 Å². The molecule has 0 heterocycles. The summed E-state index contributed by atoms with van der Waals surface area (Å²) in [5, 5.41) is 9.20. The molecule has 0 aliphatic rings. The first-order valence-electron chi connectivity index (χ1n) is 3.13. The molecular weight excluding hydrogens is 200 g/mol. The van der Waals surface area contributed by atoms with Crippen LogP contribution in [0.5, 0.6) is 5.75 Å². The van der Waals surface area contributed by atoms with Gasteiger partial charge < -0.3 is 9.66 Å². The van der Waals surface area contributed by atoms with Crippen molar-refractivity contribution in [3.8, 4) is 5.75 Å². The summed E-state index contributed by atoms with van der Waals surface area (Å²) in [5.74, 6) is -0.0977. The minimum Gasteiger partial charge on any atom is -0.772 e. The minimum absolute atomic E-state index is 0.0282. The van der Waals surface area contributed by atoms with Crippen LogP contribution in [0.15, 0.2) is 18.2 Å². The summed E-state index contributed by atoms with van der Waals surface area (Å²) < 4.78 is 20.6. The third-order valence-electron chi connectivity index (χ3n) is 1.31. The van der Waals surface area contributed by atoms with Crippen molar-refractivity contribution < 1.29 is 13.9 Å². The molecule has 0 saturated carbocycles. The van der Waals surface area contributed by atoms with Crippen molar-refractivity contribution in [3.63, 3.8) is 0 Å². The second-order valence-corrected chi connectivity index (χ2v) is 3.53. The van der Waals surface area contributed by atoms with Crippen LogP contribution >= 0.6 is 11.6 Å². The lowest BCUT2D eigenvalue weighted by molar-refractivity contribution is 0.475. The first kappa shape index (κ1) is 9.51. The van der Waals surface area contributed by atoms with E-state index in [0.29, 0.717) is 5.56 Å². The van der Waals surface area contributed by atoms with E-state index in [9.17, 15) is 8.76 Å². The second-order valence-electron chi connectivity index (χ2n) is 2.22. The molecule has 0 aromatic heterocycles. The van der Waals surface area contributed by atoms with Gasteiger partial charge in [-0.25, -0.2) is 0 Å². The molecule has 5 heteroatoms. The topological polar surface area (TPSA) is 60.4 Å². The van der Waals surface area contributed by atoms with Gasteiger partial charge in [-0.2, -0.15) is 0 Å². The van der Waals surface area contributed by atoms with E-state index in [1.807, 2.05) is 0 Å². The van der Waals surface area contributed by atoms with E-state index >= 15 is 0 Å². The van der Waals surface area contributed by atoms with E-state index in [4.69, 9.17) is 16.7 Å². The number of benzene rings is 1.